The Kier molecular flexibility index (Phi) is 1.58. The van der Waals surface area contributed by atoms with E-state index in [-0.39, 0.29) is 10.5 Å². The number of nitrogens with zero attached hydrogens (tertiary/aromatic N) is 3. The zero-order valence-electron chi connectivity index (χ0n) is 26.6. The summed E-state index contributed by atoms with van der Waals surface area (Å²) in [6.45, 7) is -13.9. The molecule has 0 unspecified atom stereocenters. The Hall–Kier alpha value is -0.625. The van der Waals surface area contributed by atoms with Crippen LogP contribution < -0.4 is 10.5 Å². The molecule has 1 aromatic rings. The van der Waals surface area contributed by atoms with Gasteiger partial charge < -0.3 is 19.1 Å². The molecule has 0 radical (unpaired) electrons. The number of anilines is 1. The monoisotopic (exact) mass is 337 g/mol. The van der Waals surface area contributed by atoms with E-state index in [0.29, 0.717) is 11.3 Å². The zero-order valence-corrected chi connectivity index (χ0v) is 13.5. The zero-order chi connectivity index (χ0) is 28.3. The highest BCUT2D eigenvalue weighted by Gasteiger charge is 2.53. The number of hydrogen-bond donors (Lipinski definition) is 0. The summed E-state index contributed by atoms with van der Waals surface area (Å²) in [5, 5.41) is -0.723. The lowest BCUT2D eigenvalue weighted by molar-refractivity contribution is 0.00578. The standard InChI is InChI=1S/C15H26BN3O2S/c1-11-12(16-20-14(2,3)15(4,5)21-16)17-13(22-11)19-9-7-18(6)8-10-19/h7-10H2,1-6H3/i1D3,6D3,7D2,8D2,9D2,10D2. The highest BCUT2D eigenvalue weighted by atomic mass is 32.1. The molecule has 5 nitrogen and oxygen atoms in total. The lowest BCUT2D eigenvalue weighted by atomic mass is 9.84. The second kappa shape index (κ2) is 5.48. The van der Waals surface area contributed by atoms with Crippen molar-refractivity contribution >= 4 is 29.2 Å². The fraction of sp³-hybridized carbons (Fsp3) is 0.800. The molecule has 0 N–H and O–H groups in total. The molecule has 2 saturated heterocycles. The van der Waals surface area contributed by atoms with E-state index in [9.17, 15) is 0 Å². The van der Waals surface area contributed by atoms with Crippen molar-refractivity contribution in [2.24, 2.45) is 0 Å². The Labute approximate surface area is 157 Å². The molecule has 3 heterocycles. The smallest absolute Gasteiger partial charge is 0.398 e. The van der Waals surface area contributed by atoms with E-state index in [1.165, 1.54) is 0 Å². The van der Waals surface area contributed by atoms with Gasteiger partial charge in [0.2, 0.25) is 0 Å². The predicted molar refractivity (Wildman–Crippen MR) is 92.3 cm³/mol. The van der Waals surface area contributed by atoms with Crippen LogP contribution in [-0.4, -0.2) is 61.2 Å². The predicted octanol–water partition coefficient (Wildman–Crippen LogP) is 1.50. The Morgan fingerprint density at radius 1 is 1.18 bits per heavy atom. The molecule has 0 amide bonds. The summed E-state index contributed by atoms with van der Waals surface area (Å²) < 4.78 is 125. The Morgan fingerprint density at radius 2 is 1.82 bits per heavy atom. The van der Waals surface area contributed by atoms with E-state index in [0.717, 1.165) is 0 Å². The molecule has 0 atom stereocenters. The van der Waals surface area contributed by atoms with Crippen LogP contribution in [0.4, 0.5) is 5.13 Å². The minimum absolute atomic E-state index is 0.0247. The first-order chi connectivity index (χ1) is 15.6. The van der Waals surface area contributed by atoms with Crippen LogP contribution in [0.5, 0.6) is 0 Å². The lowest BCUT2D eigenvalue weighted by Gasteiger charge is -2.32. The minimum Gasteiger partial charge on any atom is -0.398 e. The van der Waals surface area contributed by atoms with Gasteiger partial charge in [-0.25, -0.2) is 4.98 Å². The van der Waals surface area contributed by atoms with Crippen molar-refractivity contribution in [2.45, 2.75) is 45.7 Å². The minimum atomic E-state index is -3.62. The maximum Gasteiger partial charge on any atom is 0.515 e. The summed E-state index contributed by atoms with van der Waals surface area (Å²) in [4.78, 5) is 3.19. The maximum atomic E-state index is 8.42. The third-order valence-electron chi connectivity index (χ3n) is 3.86. The van der Waals surface area contributed by atoms with Crippen molar-refractivity contribution in [3.05, 3.63) is 4.88 Å². The van der Waals surface area contributed by atoms with Crippen LogP contribution in [0.1, 0.15) is 51.8 Å². The fourth-order valence-corrected chi connectivity index (χ4v) is 2.64. The fourth-order valence-electron chi connectivity index (χ4n) is 1.88. The molecule has 0 bridgehead atoms. The molecule has 22 heavy (non-hydrogen) atoms. The van der Waals surface area contributed by atoms with Crippen molar-refractivity contribution in [3.63, 3.8) is 0 Å². The van der Waals surface area contributed by atoms with Crippen LogP contribution in [0.2, 0.25) is 0 Å². The third kappa shape index (κ3) is 2.80. The average molecular weight is 337 g/mol. The maximum absolute atomic E-state index is 8.42. The summed E-state index contributed by atoms with van der Waals surface area (Å²) in [6.07, 6.45) is 0. The van der Waals surface area contributed by atoms with Gasteiger partial charge in [0.25, 0.3) is 0 Å². The number of thiazole rings is 1. The Bertz CT molecular complexity index is 994. The van der Waals surface area contributed by atoms with Gasteiger partial charge in [-0.2, -0.15) is 0 Å². The molecule has 3 rings (SSSR count). The SMILES string of the molecule is [2H]C([2H])([2H])c1sc(N2C([2H])([2H])C([2H])([2H])N(C([2H])([2H])[2H])C([2H])([2H])C2([2H])[2H])nc1B1OC(C)(C)C(C)(C)O1. The second-order valence-electron chi connectivity index (χ2n) is 5.92. The molecule has 2 aliphatic heterocycles. The van der Waals surface area contributed by atoms with Crippen molar-refractivity contribution < 1.29 is 28.5 Å². The van der Waals surface area contributed by atoms with Crippen molar-refractivity contribution in [1.29, 1.82) is 0 Å². The highest BCUT2D eigenvalue weighted by molar-refractivity contribution is 7.16. The van der Waals surface area contributed by atoms with Gasteiger partial charge >= 0.3 is 7.12 Å². The summed E-state index contributed by atoms with van der Waals surface area (Å²) in [7, 11) is -1.36. The quantitative estimate of drug-likeness (QED) is 0.765. The molecule has 0 aliphatic carbocycles. The van der Waals surface area contributed by atoms with E-state index in [1.54, 1.807) is 27.7 Å². The van der Waals surface area contributed by atoms with Crippen LogP contribution >= 0.6 is 11.3 Å². The van der Waals surface area contributed by atoms with Crippen LogP contribution in [-0.2, 0) is 9.31 Å². The molecule has 0 saturated carbocycles. The summed E-state index contributed by atoms with van der Waals surface area (Å²) in [5.74, 6) is 0. The molecule has 2 fully saturated rings. The number of aromatic nitrogens is 1. The van der Waals surface area contributed by atoms with Crippen LogP contribution in [0.3, 0.4) is 0 Å². The molecule has 0 aromatic carbocycles. The van der Waals surface area contributed by atoms with E-state index in [2.05, 4.69) is 4.98 Å². The summed E-state index contributed by atoms with van der Waals surface area (Å²) in [6, 6.07) is 0. The van der Waals surface area contributed by atoms with Crippen LogP contribution in [0.25, 0.3) is 0 Å². The van der Waals surface area contributed by atoms with Crippen LogP contribution in [0, 0.1) is 6.85 Å². The van der Waals surface area contributed by atoms with Gasteiger partial charge in [-0.3, -0.25) is 0 Å². The number of hydrogen-bond acceptors (Lipinski definition) is 6. The molecule has 2 aliphatic rings. The van der Waals surface area contributed by atoms with Gasteiger partial charge in [0, 0.05) is 44.6 Å². The van der Waals surface area contributed by atoms with E-state index >= 15 is 0 Å². The molecular weight excluding hydrogens is 297 g/mol. The summed E-state index contributed by atoms with van der Waals surface area (Å²) >= 11 is 0.295. The summed E-state index contributed by atoms with van der Waals surface area (Å²) in [5.41, 5.74) is -2.16. The van der Waals surface area contributed by atoms with Crippen molar-refractivity contribution in [3.8, 4) is 0 Å². The normalized spacial score (nSPS) is 44.7. The van der Waals surface area contributed by atoms with Gasteiger partial charge in [0.15, 0.2) is 5.13 Å². The first kappa shape index (κ1) is 6.35. The largest absolute Gasteiger partial charge is 0.515 e. The number of aryl methyl sites for hydroxylation is 1. The Balaban J connectivity index is 2.26. The van der Waals surface area contributed by atoms with Crippen molar-refractivity contribution in [2.75, 3.05) is 37.9 Å². The highest BCUT2D eigenvalue weighted by Crippen LogP contribution is 2.37. The van der Waals surface area contributed by atoms with Crippen LogP contribution in [0.15, 0.2) is 0 Å². The number of rotatable bonds is 2. The second-order valence-corrected chi connectivity index (χ2v) is 6.89. The molecule has 1 aromatic heterocycles. The third-order valence-corrected chi connectivity index (χ3v) is 4.73. The molecule has 7 heteroatoms. The van der Waals surface area contributed by atoms with E-state index < -0.39 is 73.0 Å². The topological polar surface area (TPSA) is 37.8 Å². The van der Waals surface area contributed by atoms with Gasteiger partial charge in [0.1, 0.15) is 0 Å². The number of likely N-dealkylation sites (N-methyl/N-ethyl adjacent to an activating group) is 1. The lowest BCUT2D eigenvalue weighted by Crippen LogP contribution is -2.45. The number of piperazine rings is 1. The van der Waals surface area contributed by atoms with E-state index in [1.807, 2.05) is 0 Å². The molecule has 122 valence electrons. The molecular formula is C15H26BN3O2S. The van der Waals surface area contributed by atoms with Gasteiger partial charge in [-0.15, -0.1) is 11.3 Å². The first-order valence-electron chi connectivity index (χ1n) is 13.6. The molecule has 0 spiro atoms. The Morgan fingerprint density at radius 3 is 2.36 bits per heavy atom. The van der Waals surface area contributed by atoms with Gasteiger partial charge in [0.05, 0.1) is 22.3 Å². The average Bonchev–Trinajstić information content (AvgIpc) is 3.10. The first-order valence-corrected chi connectivity index (χ1v) is 7.43. The van der Waals surface area contributed by atoms with Gasteiger partial charge in [-0.1, -0.05) is 0 Å². The van der Waals surface area contributed by atoms with Crippen molar-refractivity contribution in [1.82, 2.24) is 9.88 Å². The van der Waals surface area contributed by atoms with E-state index in [4.69, 9.17) is 28.5 Å². The van der Waals surface area contributed by atoms with Gasteiger partial charge in [-0.05, 0) is 41.5 Å².